The maximum atomic E-state index is 12.2. The van der Waals surface area contributed by atoms with E-state index in [2.05, 4.69) is 26.1 Å². The molecule has 1 N–H and O–H groups in total. The Bertz CT molecular complexity index is 342. The highest BCUT2D eigenvalue weighted by Gasteiger charge is 2.29. The Kier molecular flexibility index (Phi) is 6.44. The quantitative estimate of drug-likeness (QED) is 0.755. The van der Waals surface area contributed by atoms with E-state index in [1.807, 2.05) is 11.8 Å². The maximum Gasteiger partial charge on any atom is 0.215 e. The molecule has 0 amide bonds. The van der Waals surface area contributed by atoms with Crippen LogP contribution in [0.2, 0.25) is 0 Å². The van der Waals surface area contributed by atoms with Crippen LogP contribution in [-0.2, 0) is 10.0 Å². The fourth-order valence-electron chi connectivity index (χ4n) is 1.91. The molecule has 0 saturated carbocycles. The van der Waals surface area contributed by atoms with Gasteiger partial charge in [-0.15, -0.1) is 0 Å². The Morgan fingerprint density at radius 1 is 1.28 bits per heavy atom. The molecule has 0 radical (unpaired) electrons. The molecule has 0 bridgehead atoms. The lowest BCUT2D eigenvalue weighted by atomic mass is 10.1. The molecule has 6 heteroatoms. The summed E-state index contributed by atoms with van der Waals surface area (Å²) in [5.74, 6) is 1.12. The average Bonchev–Trinajstić information content (AvgIpc) is 2.46. The third kappa shape index (κ3) is 5.47. The summed E-state index contributed by atoms with van der Waals surface area (Å²) >= 11 is 1.87. The molecule has 108 valence electrons. The zero-order chi connectivity index (χ0) is 13.6. The van der Waals surface area contributed by atoms with E-state index in [1.165, 1.54) is 0 Å². The molecule has 1 fully saturated rings. The van der Waals surface area contributed by atoms with E-state index in [4.69, 9.17) is 0 Å². The molecule has 0 aromatic carbocycles. The summed E-state index contributed by atoms with van der Waals surface area (Å²) in [6.45, 7) is 9.23. The van der Waals surface area contributed by atoms with Crippen LogP contribution in [0.3, 0.4) is 0 Å². The first-order valence-electron chi connectivity index (χ1n) is 6.70. The van der Waals surface area contributed by atoms with E-state index in [1.54, 1.807) is 4.31 Å². The molecule has 0 spiro atoms. The number of hydrogen-bond donors (Lipinski definition) is 1. The molecular weight excluding hydrogens is 268 g/mol. The van der Waals surface area contributed by atoms with Crippen molar-refractivity contribution in [1.82, 2.24) is 9.62 Å². The van der Waals surface area contributed by atoms with Crippen LogP contribution in [-0.4, -0.2) is 55.2 Å². The van der Waals surface area contributed by atoms with Gasteiger partial charge in [-0.05, 0) is 19.4 Å². The van der Waals surface area contributed by atoms with Gasteiger partial charge in [0, 0.05) is 30.1 Å². The largest absolute Gasteiger partial charge is 0.316 e. The summed E-state index contributed by atoms with van der Waals surface area (Å²) in [6.07, 6.45) is 1.97. The zero-order valence-corrected chi connectivity index (χ0v) is 13.4. The predicted molar refractivity (Wildman–Crippen MR) is 79.7 cm³/mol. The predicted octanol–water partition coefficient (Wildman–Crippen LogP) is 1.53. The second-order valence-corrected chi connectivity index (χ2v) is 9.21. The first-order chi connectivity index (χ1) is 8.37. The minimum atomic E-state index is -3.08. The van der Waals surface area contributed by atoms with Crippen molar-refractivity contribution < 1.29 is 8.42 Å². The summed E-state index contributed by atoms with van der Waals surface area (Å²) in [5.41, 5.74) is 0. The van der Waals surface area contributed by atoms with Gasteiger partial charge >= 0.3 is 0 Å². The second-order valence-electron chi connectivity index (χ2n) is 5.32. The molecular formula is C12H26N2O2S2. The van der Waals surface area contributed by atoms with E-state index in [0.717, 1.165) is 25.1 Å². The lowest BCUT2D eigenvalue weighted by Gasteiger charge is -2.22. The lowest BCUT2D eigenvalue weighted by molar-refractivity contribution is 0.414. The number of rotatable bonds is 6. The zero-order valence-electron chi connectivity index (χ0n) is 11.7. The Hall–Kier alpha value is 0.220. The van der Waals surface area contributed by atoms with Crippen molar-refractivity contribution in [2.45, 2.75) is 38.4 Å². The van der Waals surface area contributed by atoms with Gasteiger partial charge in [-0.1, -0.05) is 20.8 Å². The topological polar surface area (TPSA) is 49.4 Å². The van der Waals surface area contributed by atoms with Crippen molar-refractivity contribution in [1.29, 1.82) is 0 Å². The van der Waals surface area contributed by atoms with Crippen LogP contribution in [0.1, 0.15) is 33.6 Å². The van der Waals surface area contributed by atoms with Gasteiger partial charge in [0.25, 0.3) is 0 Å². The number of nitrogens with zero attached hydrogens (tertiary/aromatic N) is 1. The molecule has 18 heavy (non-hydrogen) atoms. The van der Waals surface area contributed by atoms with Gasteiger partial charge in [0.05, 0.1) is 5.75 Å². The summed E-state index contributed by atoms with van der Waals surface area (Å²) in [5, 5.41) is 3.15. The van der Waals surface area contributed by atoms with Gasteiger partial charge in [-0.25, -0.2) is 12.7 Å². The SMILES string of the molecule is CCCNCCS(=O)(=O)N1CCSC(C)(C)CC1. The smallest absolute Gasteiger partial charge is 0.215 e. The van der Waals surface area contributed by atoms with Gasteiger partial charge in [0.2, 0.25) is 10.0 Å². The summed E-state index contributed by atoms with van der Waals surface area (Å²) in [4.78, 5) is 0. The Labute approximate surface area is 116 Å². The first-order valence-corrected chi connectivity index (χ1v) is 9.29. The maximum absolute atomic E-state index is 12.2. The molecule has 0 atom stereocenters. The lowest BCUT2D eigenvalue weighted by Crippen LogP contribution is -2.38. The molecule has 0 aromatic heterocycles. The van der Waals surface area contributed by atoms with Gasteiger partial charge in [-0.3, -0.25) is 0 Å². The van der Waals surface area contributed by atoms with Crippen LogP contribution in [0.25, 0.3) is 0 Å². The third-order valence-electron chi connectivity index (χ3n) is 3.15. The number of nitrogens with one attached hydrogen (secondary N) is 1. The van der Waals surface area contributed by atoms with E-state index in [0.29, 0.717) is 19.6 Å². The number of sulfonamides is 1. The van der Waals surface area contributed by atoms with Crippen LogP contribution in [0.15, 0.2) is 0 Å². The normalized spacial score (nSPS) is 21.7. The van der Waals surface area contributed by atoms with Crippen LogP contribution < -0.4 is 5.32 Å². The van der Waals surface area contributed by atoms with Crippen LogP contribution in [0, 0.1) is 0 Å². The summed E-state index contributed by atoms with van der Waals surface area (Å²) in [6, 6.07) is 0. The fourth-order valence-corrected chi connectivity index (χ4v) is 4.53. The molecule has 1 saturated heterocycles. The molecule has 0 aromatic rings. The van der Waals surface area contributed by atoms with E-state index in [9.17, 15) is 8.42 Å². The number of thioether (sulfide) groups is 1. The monoisotopic (exact) mass is 294 g/mol. The minimum absolute atomic E-state index is 0.199. The van der Waals surface area contributed by atoms with Crippen molar-refractivity contribution in [3.05, 3.63) is 0 Å². The van der Waals surface area contributed by atoms with Crippen molar-refractivity contribution in [2.24, 2.45) is 0 Å². The molecule has 0 unspecified atom stereocenters. The Morgan fingerprint density at radius 3 is 2.67 bits per heavy atom. The van der Waals surface area contributed by atoms with Crippen molar-refractivity contribution in [3.63, 3.8) is 0 Å². The summed E-state index contributed by atoms with van der Waals surface area (Å²) < 4.78 is 26.2. The van der Waals surface area contributed by atoms with E-state index >= 15 is 0 Å². The highest BCUT2D eigenvalue weighted by Crippen LogP contribution is 2.31. The molecule has 1 aliphatic rings. The minimum Gasteiger partial charge on any atom is -0.316 e. The van der Waals surface area contributed by atoms with Gasteiger partial charge in [-0.2, -0.15) is 11.8 Å². The van der Waals surface area contributed by atoms with Crippen molar-refractivity contribution >= 4 is 21.8 Å². The van der Waals surface area contributed by atoms with Crippen LogP contribution in [0.5, 0.6) is 0 Å². The Balaban J connectivity index is 2.46. The third-order valence-corrected chi connectivity index (χ3v) is 6.40. The Morgan fingerprint density at radius 2 is 2.00 bits per heavy atom. The molecule has 0 aliphatic carbocycles. The van der Waals surface area contributed by atoms with Gasteiger partial charge in [0.1, 0.15) is 0 Å². The van der Waals surface area contributed by atoms with E-state index < -0.39 is 10.0 Å². The van der Waals surface area contributed by atoms with Gasteiger partial charge < -0.3 is 5.32 Å². The van der Waals surface area contributed by atoms with Crippen molar-refractivity contribution in [3.8, 4) is 0 Å². The highest BCUT2D eigenvalue weighted by molar-refractivity contribution is 8.00. The molecule has 1 rings (SSSR count). The van der Waals surface area contributed by atoms with Gasteiger partial charge in [0.15, 0.2) is 0 Å². The molecule has 4 nitrogen and oxygen atoms in total. The molecule has 1 aliphatic heterocycles. The standard InChI is InChI=1S/C12H26N2O2S2/c1-4-6-13-7-11-18(15,16)14-8-5-12(2,3)17-10-9-14/h13H,4-11H2,1-3H3. The number of hydrogen-bond acceptors (Lipinski definition) is 4. The highest BCUT2D eigenvalue weighted by atomic mass is 32.2. The second kappa shape index (κ2) is 7.12. The van der Waals surface area contributed by atoms with E-state index in [-0.39, 0.29) is 10.5 Å². The van der Waals surface area contributed by atoms with Crippen molar-refractivity contribution in [2.75, 3.05) is 37.7 Å². The molecule has 1 heterocycles. The first kappa shape index (κ1) is 16.3. The van der Waals surface area contributed by atoms with Crippen LogP contribution in [0.4, 0.5) is 0 Å². The summed E-state index contributed by atoms with van der Waals surface area (Å²) in [7, 11) is -3.08. The average molecular weight is 294 g/mol. The van der Waals surface area contributed by atoms with Crippen LogP contribution >= 0.6 is 11.8 Å². The fraction of sp³-hybridized carbons (Fsp3) is 1.00.